The number of fused-ring (bicyclic) bond motifs is 1. The first-order valence-corrected chi connectivity index (χ1v) is 7.41. The van der Waals surface area contributed by atoms with E-state index in [1.54, 1.807) is 19.2 Å². The van der Waals surface area contributed by atoms with Crippen LogP contribution in [0.4, 0.5) is 0 Å². The summed E-state index contributed by atoms with van der Waals surface area (Å²) >= 11 is 0. The number of hydrogen-bond acceptors (Lipinski definition) is 5. The molecule has 0 saturated heterocycles. The first-order valence-electron chi connectivity index (χ1n) is 7.41. The average molecular weight is 313 g/mol. The van der Waals surface area contributed by atoms with Crippen molar-refractivity contribution in [2.45, 2.75) is 18.6 Å². The molecule has 2 N–H and O–H groups in total. The van der Waals surface area contributed by atoms with Gasteiger partial charge < -0.3 is 19.9 Å². The van der Waals surface area contributed by atoms with Crippen LogP contribution in [0.1, 0.15) is 40.1 Å². The smallest absolute Gasteiger partial charge is 0.337 e. The molecule has 0 amide bonds. The van der Waals surface area contributed by atoms with Gasteiger partial charge in [-0.25, -0.2) is 4.79 Å². The van der Waals surface area contributed by atoms with Crippen LogP contribution in [0.2, 0.25) is 0 Å². The summed E-state index contributed by atoms with van der Waals surface area (Å²) in [6.07, 6.45) is 0.429. The molecule has 0 radical (unpaired) electrons. The Balaban J connectivity index is 1.92. The summed E-state index contributed by atoms with van der Waals surface area (Å²) in [4.78, 5) is 11.7. The van der Waals surface area contributed by atoms with Gasteiger partial charge in [0.05, 0.1) is 19.8 Å². The second kappa shape index (κ2) is 6.30. The number of hydrogen-bond donors (Lipinski definition) is 1. The van der Waals surface area contributed by atoms with Crippen molar-refractivity contribution < 1.29 is 19.0 Å². The first-order chi connectivity index (χ1) is 11.1. The van der Waals surface area contributed by atoms with Crippen molar-refractivity contribution in [3.05, 3.63) is 59.2 Å². The van der Waals surface area contributed by atoms with Gasteiger partial charge in [-0.3, -0.25) is 0 Å². The highest BCUT2D eigenvalue weighted by Gasteiger charge is 2.28. The lowest BCUT2D eigenvalue weighted by Gasteiger charge is -2.31. The normalized spacial score (nSPS) is 19.4. The van der Waals surface area contributed by atoms with Crippen molar-refractivity contribution in [2.75, 3.05) is 14.2 Å². The van der Waals surface area contributed by atoms with E-state index >= 15 is 0 Å². The summed E-state index contributed by atoms with van der Waals surface area (Å²) in [6, 6.07) is 12.8. The molecule has 2 aromatic rings. The minimum atomic E-state index is -0.367. The molecule has 0 bridgehead atoms. The van der Waals surface area contributed by atoms with Crippen LogP contribution in [-0.4, -0.2) is 20.2 Å². The van der Waals surface area contributed by atoms with Gasteiger partial charge in [-0.05, 0) is 23.8 Å². The van der Waals surface area contributed by atoms with Gasteiger partial charge in [0.2, 0.25) is 0 Å². The van der Waals surface area contributed by atoms with Gasteiger partial charge in [0.15, 0.2) is 0 Å². The predicted molar refractivity (Wildman–Crippen MR) is 85.7 cm³/mol. The minimum Gasteiger partial charge on any atom is -0.497 e. The molecule has 1 aliphatic heterocycles. The topological polar surface area (TPSA) is 70.8 Å². The van der Waals surface area contributed by atoms with E-state index in [2.05, 4.69) is 0 Å². The van der Waals surface area contributed by atoms with E-state index in [0.29, 0.717) is 12.0 Å². The molecule has 0 spiro atoms. The highest BCUT2D eigenvalue weighted by atomic mass is 16.5. The summed E-state index contributed by atoms with van der Waals surface area (Å²) in [7, 11) is 2.98. The zero-order valence-corrected chi connectivity index (χ0v) is 13.1. The summed E-state index contributed by atoms with van der Waals surface area (Å²) in [5.74, 6) is 1.07. The molecule has 5 heteroatoms. The van der Waals surface area contributed by atoms with Crippen molar-refractivity contribution in [1.82, 2.24) is 0 Å². The summed E-state index contributed by atoms with van der Waals surface area (Å²) in [5.41, 5.74) is 8.64. The van der Waals surface area contributed by atoms with Crippen LogP contribution < -0.4 is 15.2 Å². The molecular weight excluding hydrogens is 294 g/mol. The lowest BCUT2D eigenvalue weighted by molar-refractivity contribution is 0.0600. The van der Waals surface area contributed by atoms with E-state index in [9.17, 15) is 4.79 Å². The van der Waals surface area contributed by atoms with Crippen molar-refractivity contribution in [3.8, 4) is 11.5 Å². The SMILES string of the molecule is COC(=O)c1cccc([C@H]2C[C@H](N)c3ccc(OC)cc3O2)c1. The van der Waals surface area contributed by atoms with E-state index in [0.717, 1.165) is 22.6 Å². The molecule has 0 unspecified atom stereocenters. The number of nitrogens with two attached hydrogens (primary N) is 1. The van der Waals surface area contributed by atoms with Gasteiger partial charge in [0, 0.05) is 24.1 Å². The predicted octanol–water partition coefficient (Wildman–Crippen LogP) is 3.01. The molecule has 0 aliphatic carbocycles. The zero-order valence-electron chi connectivity index (χ0n) is 13.1. The third-order valence-electron chi connectivity index (χ3n) is 4.04. The minimum absolute atomic E-state index is 0.128. The maximum Gasteiger partial charge on any atom is 0.337 e. The molecule has 5 nitrogen and oxygen atoms in total. The van der Waals surface area contributed by atoms with Gasteiger partial charge in [-0.1, -0.05) is 18.2 Å². The van der Waals surface area contributed by atoms with Gasteiger partial charge in [-0.2, -0.15) is 0 Å². The molecule has 1 heterocycles. The van der Waals surface area contributed by atoms with Gasteiger partial charge in [0.1, 0.15) is 17.6 Å². The Labute approximate surface area is 135 Å². The number of carbonyl (C=O) groups is 1. The highest BCUT2D eigenvalue weighted by molar-refractivity contribution is 5.89. The van der Waals surface area contributed by atoms with Crippen molar-refractivity contribution in [2.24, 2.45) is 5.73 Å². The lowest BCUT2D eigenvalue weighted by atomic mass is 9.93. The second-order valence-electron chi connectivity index (χ2n) is 5.47. The summed E-state index contributed by atoms with van der Waals surface area (Å²) in [6.45, 7) is 0. The first kappa shape index (κ1) is 15.4. The standard InChI is InChI=1S/C18H19NO4/c1-21-13-6-7-14-15(19)10-16(23-17(14)9-13)11-4-3-5-12(8-11)18(20)22-2/h3-9,15-16H,10,19H2,1-2H3/t15-,16+/m0/s1. The number of carbonyl (C=O) groups excluding carboxylic acids is 1. The Hall–Kier alpha value is -2.53. The largest absolute Gasteiger partial charge is 0.497 e. The fourth-order valence-electron chi connectivity index (χ4n) is 2.80. The van der Waals surface area contributed by atoms with Crippen LogP contribution in [0, 0.1) is 0 Å². The Kier molecular flexibility index (Phi) is 4.21. The highest BCUT2D eigenvalue weighted by Crippen LogP contribution is 2.41. The molecule has 0 saturated carbocycles. The Morgan fingerprint density at radius 3 is 2.78 bits per heavy atom. The fourth-order valence-corrected chi connectivity index (χ4v) is 2.80. The van der Waals surface area contributed by atoms with E-state index in [-0.39, 0.29) is 18.1 Å². The third kappa shape index (κ3) is 3.00. The quantitative estimate of drug-likeness (QED) is 0.882. The molecule has 23 heavy (non-hydrogen) atoms. The average Bonchev–Trinajstić information content (AvgIpc) is 2.60. The van der Waals surface area contributed by atoms with E-state index in [4.69, 9.17) is 19.9 Å². The number of methoxy groups -OCH3 is 2. The number of esters is 1. The van der Waals surface area contributed by atoms with Gasteiger partial charge in [-0.15, -0.1) is 0 Å². The second-order valence-corrected chi connectivity index (χ2v) is 5.47. The number of ether oxygens (including phenoxy) is 3. The Morgan fingerprint density at radius 2 is 2.04 bits per heavy atom. The van der Waals surface area contributed by atoms with Crippen LogP contribution >= 0.6 is 0 Å². The molecule has 120 valence electrons. The molecule has 2 aromatic carbocycles. The molecule has 0 aromatic heterocycles. The number of rotatable bonds is 3. The zero-order chi connectivity index (χ0) is 16.4. The Morgan fingerprint density at radius 1 is 1.22 bits per heavy atom. The van der Waals surface area contributed by atoms with E-state index in [1.165, 1.54) is 7.11 Å². The van der Waals surface area contributed by atoms with Crippen molar-refractivity contribution in [1.29, 1.82) is 0 Å². The van der Waals surface area contributed by atoms with Crippen LogP contribution in [0.15, 0.2) is 42.5 Å². The maximum absolute atomic E-state index is 11.7. The number of benzene rings is 2. The van der Waals surface area contributed by atoms with Gasteiger partial charge in [0.25, 0.3) is 0 Å². The molecular formula is C18H19NO4. The van der Waals surface area contributed by atoms with Crippen molar-refractivity contribution in [3.63, 3.8) is 0 Å². The lowest BCUT2D eigenvalue weighted by Crippen LogP contribution is -2.24. The van der Waals surface area contributed by atoms with E-state index < -0.39 is 0 Å². The van der Waals surface area contributed by atoms with Crippen LogP contribution in [0.25, 0.3) is 0 Å². The maximum atomic E-state index is 11.7. The van der Waals surface area contributed by atoms with Crippen LogP contribution in [0.3, 0.4) is 0 Å². The third-order valence-corrected chi connectivity index (χ3v) is 4.04. The molecule has 3 rings (SSSR count). The van der Waals surface area contributed by atoms with Crippen LogP contribution in [-0.2, 0) is 4.74 Å². The van der Waals surface area contributed by atoms with E-state index in [1.807, 2.05) is 30.3 Å². The Bertz CT molecular complexity index is 729. The van der Waals surface area contributed by atoms with Crippen LogP contribution in [0.5, 0.6) is 11.5 Å². The molecule has 1 aliphatic rings. The summed E-state index contributed by atoms with van der Waals surface area (Å²) in [5, 5.41) is 0. The summed E-state index contributed by atoms with van der Waals surface area (Å²) < 4.78 is 16.1. The fraction of sp³-hybridized carbons (Fsp3) is 0.278. The van der Waals surface area contributed by atoms with Gasteiger partial charge >= 0.3 is 5.97 Å². The van der Waals surface area contributed by atoms with Crippen molar-refractivity contribution >= 4 is 5.97 Å². The monoisotopic (exact) mass is 313 g/mol. The molecule has 0 fully saturated rings. The molecule has 2 atom stereocenters.